The summed E-state index contributed by atoms with van der Waals surface area (Å²) in [7, 11) is 0. The van der Waals surface area contributed by atoms with Gasteiger partial charge < -0.3 is 16.4 Å². The van der Waals surface area contributed by atoms with Gasteiger partial charge in [0.2, 0.25) is 11.8 Å². The first-order chi connectivity index (χ1) is 8.08. The number of nitrogens with two attached hydrogens (primary N) is 1. The third-order valence-electron chi connectivity index (χ3n) is 2.21. The maximum absolute atomic E-state index is 11.2. The van der Waals surface area contributed by atoms with Crippen LogP contribution in [0.15, 0.2) is 24.3 Å². The normalized spacial score (nSPS) is 9.71. The third kappa shape index (κ3) is 5.55. The molecule has 0 aliphatic carbocycles. The molecule has 0 aliphatic rings. The van der Waals surface area contributed by atoms with Crippen molar-refractivity contribution in [3.05, 3.63) is 29.8 Å². The molecule has 5 nitrogen and oxygen atoms in total. The fourth-order valence-corrected chi connectivity index (χ4v) is 1.30. The number of nitrogen functional groups attached to an aromatic ring is 1. The van der Waals surface area contributed by atoms with Crippen molar-refractivity contribution >= 4 is 17.5 Å². The van der Waals surface area contributed by atoms with E-state index in [0.29, 0.717) is 6.54 Å². The van der Waals surface area contributed by atoms with Gasteiger partial charge in [-0.25, -0.2) is 0 Å². The number of nitrogens with one attached hydrogen (secondary N) is 2. The van der Waals surface area contributed by atoms with E-state index in [-0.39, 0.29) is 18.4 Å². The highest BCUT2D eigenvalue weighted by Crippen LogP contribution is 2.05. The minimum absolute atomic E-state index is 0.0249. The van der Waals surface area contributed by atoms with Crippen molar-refractivity contribution in [2.24, 2.45) is 0 Å². The number of carbonyl (C=O) groups excluding carboxylic acids is 2. The molecule has 0 saturated carbocycles. The highest BCUT2D eigenvalue weighted by Gasteiger charge is 2.01. The number of hydrogen-bond acceptors (Lipinski definition) is 3. The number of carbonyl (C=O) groups is 2. The van der Waals surface area contributed by atoms with Crippen LogP contribution in [0.4, 0.5) is 5.69 Å². The van der Waals surface area contributed by atoms with E-state index in [1.165, 1.54) is 6.92 Å². The van der Waals surface area contributed by atoms with Crippen LogP contribution in [0.2, 0.25) is 0 Å². The molecule has 0 spiro atoms. The molecule has 0 atom stereocenters. The quantitative estimate of drug-likeness (QED) is 0.631. The predicted molar refractivity (Wildman–Crippen MR) is 66.3 cm³/mol. The molecule has 0 heterocycles. The summed E-state index contributed by atoms with van der Waals surface area (Å²) < 4.78 is 0. The number of rotatable bonds is 5. The van der Waals surface area contributed by atoms with Crippen LogP contribution in [-0.2, 0) is 16.0 Å². The van der Waals surface area contributed by atoms with E-state index in [1.54, 1.807) is 0 Å². The van der Waals surface area contributed by atoms with E-state index in [2.05, 4.69) is 10.6 Å². The average Bonchev–Trinajstić information content (AvgIpc) is 2.29. The Morgan fingerprint density at radius 2 is 1.82 bits per heavy atom. The SMILES string of the molecule is CC(=O)NCC(=O)NCCc1ccc(N)cc1. The lowest BCUT2D eigenvalue weighted by Crippen LogP contribution is -2.36. The Kier molecular flexibility index (Phi) is 5.00. The van der Waals surface area contributed by atoms with Crippen LogP contribution >= 0.6 is 0 Å². The summed E-state index contributed by atoms with van der Waals surface area (Å²) in [5.74, 6) is -0.394. The van der Waals surface area contributed by atoms with Gasteiger partial charge in [0.05, 0.1) is 6.54 Å². The predicted octanol–water partition coefficient (Wildman–Crippen LogP) is 0.0636. The lowest BCUT2D eigenvalue weighted by molar-refractivity contribution is -0.125. The zero-order valence-corrected chi connectivity index (χ0v) is 9.82. The molecule has 1 aromatic carbocycles. The van der Waals surface area contributed by atoms with Crippen LogP contribution in [0.25, 0.3) is 0 Å². The van der Waals surface area contributed by atoms with Crippen LogP contribution in [0.5, 0.6) is 0 Å². The minimum Gasteiger partial charge on any atom is -0.399 e. The van der Waals surface area contributed by atoms with Gasteiger partial charge >= 0.3 is 0 Å². The number of hydrogen-bond donors (Lipinski definition) is 3. The van der Waals surface area contributed by atoms with E-state index in [4.69, 9.17) is 5.73 Å². The van der Waals surface area contributed by atoms with Crippen molar-refractivity contribution in [3.8, 4) is 0 Å². The van der Waals surface area contributed by atoms with Crippen molar-refractivity contribution in [1.82, 2.24) is 10.6 Å². The average molecular weight is 235 g/mol. The van der Waals surface area contributed by atoms with E-state index < -0.39 is 0 Å². The number of amides is 2. The topological polar surface area (TPSA) is 84.2 Å². The molecular formula is C12H17N3O2. The maximum atomic E-state index is 11.2. The van der Waals surface area contributed by atoms with Gasteiger partial charge in [0.25, 0.3) is 0 Å². The zero-order valence-electron chi connectivity index (χ0n) is 9.82. The molecule has 0 fully saturated rings. The van der Waals surface area contributed by atoms with Gasteiger partial charge in [-0.15, -0.1) is 0 Å². The first-order valence-corrected chi connectivity index (χ1v) is 5.43. The molecular weight excluding hydrogens is 218 g/mol. The van der Waals surface area contributed by atoms with E-state index >= 15 is 0 Å². The molecule has 0 unspecified atom stereocenters. The lowest BCUT2D eigenvalue weighted by Gasteiger charge is -2.06. The van der Waals surface area contributed by atoms with Crippen LogP contribution in [-0.4, -0.2) is 24.9 Å². The second-order valence-electron chi connectivity index (χ2n) is 3.75. The fourth-order valence-electron chi connectivity index (χ4n) is 1.30. The molecule has 0 aliphatic heterocycles. The number of anilines is 1. The van der Waals surface area contributed by atoms with E-state index in [9.17, 15) is 9.59 Å². The monoisotopic (exact) mass is 235 g/mol. The standard InChI is InChI=1S/C12H17N3O2/c1-9(16)15-8-12(17)14-7-6-10-2-4-11(13)5-3-10/h2-5H,6-8,13H2,1H3,(H,14,17)(H,15,16). The smallest absolute Gasteiger partial charge is 0.239 e. The highest BCUT2D eigenvalue weighted by molar-refractivity contribution is 5.83. The molecule has 5 heteroatoms. The van der Waals surface area contributed by atoms with Crippen LogP contribution in [0.1, 0.15) is 12.5 Å². The van der Waals surface area contributed by atoms with Gasteiger partial charge in [-0.1, -0.05) is 12.1 Å². The van der Waals surface area contributed by atoms with Crippen molar-refractivity contribution < 1.29 is 9.59 Å². The summed E-state index contributed by atoms with van der Waals surface area (Å²) in [4.78, 5) is 21.8. The van der Waals surface area contributed by atoms with Crippen LogP contribution < -0.4 is 16.4 Å². The van der Waals surface area contributed by atoms with Crippen molar-refractivity contribution in [3.63, 3.8) is 0 Å². The molecule has 17 heavy (non-hydrogen) atoms. The van der Waals surface area contributed by atoms with Crippen molar-refractivity contribution in [1.29, 1.82) is 0 Å². The third-order valence-corrected chi connectivity index (χ3v) is 2.21. The summed E-state index contributed by atoms with van der Waals surface area (Å²) in [6.07, 6.45) is 0.742. The second-order valence-corrected chi connectivity index (χ2v) is 3.75. The van der Waals surface area contributed by atoms with Gasteiger partial charge in [-0.05, 0) is 24.1 Å². The minimum atomic E-state index is -0.210. The highest BCUT2D eigenvalue weighted by atomic mass is 16.2. The molecule has 0 aromatic heterocycles. The first kappa shape index (κ1) is 13.0. The van der Waals surface area contributed by atoms with Crippen molar-refractivity contribution in [2.75, 3.05) is 18.8 Å². The summed E-state index contributed by atoms with van der Waals surface area (Å²) in [6, 6.07) is 7.51. The van der Waals surface area contributed by atoms with Gasteiger partial charge in [0, 0.05) is 19.2 Å². The molecule has 92 valence electrons. The Morgan fingerprint density at radius 3 is 2.41 bits per heavy atom. The van der Waals surface area contributed by atoms with Gasteiger partial charge in [0.15, 0.2) is 0 Å². The lowest BCUT2D eigenvalue weighted by atomic mass is 10.1. The second kappa shape index (κ2) is 6.52. The summed E-state index contributed by atoms with van der Waals surface area (Å²) in [5, 5.41) is 5.15. The molecule has 2 amide bonds. The van der Waals surface area contributed by atoms with Gasteiger partial charge in [-0.3, -0.25) is 9.59 Å². The first-order valence-electron chi connectivity index (χ1n) is 5.43. The van der Waals surface area contributed by atoms with Crippen molar-refractivity contribution in [2.45, 2.75) is 13.3 Å². The molecule has 1 rings (SSSR count). The van der Waals surface area contributed by atoms with Crippen LogP contribution in [0, 0.1) is 0 Å². The Labute approximate surface area is 100 Å². The van der Waals surface area contributed by atoms with Gasteiger partial charge in [0.1, 0.15) is 0 Å². The Morgan fingerprint density at radius 1 is 1.18 bits per heavy atom. The largest absolute Gasteiger partial charge is 0.399 e. The summed E-state index contributed by atoms with van der Waals surface area (Å²) >= 11 is 0. The zero-order chi connectivity index (χ0) is 12.7. The molecule has 4 N–H and O–H groups in total. The molecule has 0 saturated heterocycles. The van der Waals surface area contributed by atoms with E-state index in [0.717, 1.165) is 17.7 Å². The Hall–Kier alpha value is -2.04. The van der Waals surface area contributed by atoms with Crippen LogP contribution in [0.3, 0.4) is 0 Å². The summed E-state index contributed by atoms with van der Waals surface area (Å²) in [6.45, 7) is 1.95. The summed E-state index contributed by atoms with van der Waals surface area (Å²) in [5.41, 5.74) is 7.40. The van der Waals surface area contributed by atoms with E-state index in [1.807, 2.05) is 24.3 Å². The molecule has 0 bridgehead atoms. The maximum Gasteiger partial charge on any atom is 0.239 e. The fraction of sp³-hybridized carbons (Fsp3) is 0.333. The Balaban J connectivity index is 2.21. The van der Waals surface area contributed by atoms with Gasteiger partial charge in [-0.2, -0.15) is 0 Å². The number of benzene rings is 1. The molecule has 0 radical (unpaired) electrons. The Bertz CT molecular complexity index is 387. The molecule has 1 aromatic rings.